The van der Waals surface area contributed by atoms with Gasteiger partial charge in [0.2, 0.25) is 15.9 Å². The van der Waals surface area contributed by atoms with Gasteiger partial charge in [0.25, 0.3) is 0 Å². The largest absolute Gasteiger partial charge is 0.310 e. The third-order valence-electron chi connectivity index (χ3n) is 3.71. The Morgan fingerprint density at radius 2 is 1.83 bits per heavy atom. The molecule has 1 heterocycles. The summed E-state index contributed by atoms with van der Waals surface area (Å²) in [7, 11) is -2.34. The Balaban J connectivity index is 2.11. The standard InChI is InChI=1S/C17H21N3O3S/c1-12-8-9-15(10-13(12)2)24(22,23)20(4)11-17(21)19-16-7-5-6-14(3)18-16/h5-10H,11H2,1-4H3,(H,18,19,21). The first-order valence-electron chi connectivity index (χ1n) is 7.47. The van der Waals surface area contributed by atoms with Crippen molar-refractivity contribution in [3.8, 4) is 0 Å². The van der Waals surface area contributed by atoms with Crippen LogP contribution in [0, 0.1) is 20.8 Å². The van der Waals surface area contributed by atoms with Crippen molar-refractivity contribution in [1.29, 1.82) is 0 Å². The average molecular weight is 347 g/mol. The van der Waals surface area contributed by atoms with Crippen LogP contribution in [0.5, 0.6) is 0 Å². The van der Waals surface area contributed by atoms with Crippen molar-refractivity contribution in [2.24, 2.45) is 0 Å². The third kappa shape index (κ3) is 4.18. The summed E-state index contributed by atoms with van der Waals surface area (Å²) < 4.78 is 26.2. The number of carbonyl (C=O) groups excluding carboxylic acids is 1. The lowest BCUT2D eigenvalue weighted by Gasteiger charge is -2.17. The fraction of sp³-hybridized carbons (Fsp3) is 0.294. The first kappa shape index (κ1) is 18.1. The summed E-state index contributed by atoms with van der Waals surface area (Å²) in [6, 6.07) is 10.2. The maximum atomic E-state index is 12.6. The molecule has 0 bridgehead atoms. The Bertz CT molecular complexity index is 863. The first-order chi connectivity index (χ1) is 11.2. The van der Waals surface area contributed by atoms with Crippen LogP contribution >= 0.6 is 0 Å². The second kappa shape index (κ2) is 7.11. The van der Waals surface area contributed by atoms with E-state index in [1.807, 2.05) is 26.8 Å². The van der Waals surface area contributed by atoms with Gasteiger partial charge >= 0.3 is 0 Å². The van der Waals surface area contributed by atoms with E-state index in [0.29, 0.717) is 5.82 Å². The number of aryl methyl sites for hydroxylation is 3. The molecule has 1 aromatic heterocycles. The Kier molecular flexibility index (Phi) is 5.36. The maximum Gasteiger partial charge on any atom is 0.243 e. The number of amides is 1. The normalized spacial score (nSPS) is 11.5. The molecule has 0 aliphatic heterocycles. The number of rotatable bonds is 5. The number of nitrogens with zero attached hydrogens (tertiary/aromatic N) is 2. The number of sulfonamides is 1. The number of likely N-dealkylation sites (N-methyl/N-ethyl adjacent to an activating group) is 1. The van der Waals surface area contributed by atoms with Gasteiger partial charge in [-0.15, -0.1) is 0 Å². The minimum atomic E-state index is -3.72. The van der Waals surface area contributed by atoms with Crippen molar-refractivity contribution < 1.29 is 13.2 Å². The van der Waals surface area contributed by atoms with Crippen molar-refractivity contribution in [2.45, 2.75) is 25.7 Å². The molecule has 1 amide bonds. The molecule has 1 aromatic carbocycles. The van der Waals surface area contributed by atoms with E-state index < -0.39 is 15.9 Å². The number of nitrogens with one attached hydrogen (secondary N) is 1. The second-order valence-corrected chi connectivity index (χ2v) is 7.76. The zero-order valence-corrected chi connectivity index (χ0v) is 15.0. The van der Waals surface area contributed by atoms with Crippen molar-refractivity contribution in [3.05, 3.63) is 53.2 Å². The van der Waals surface area contributed by atoms with E-state index in [0.717, 1.165) is 21.1 Å². The molecular weight excluding hydrogens is 326 g/mol. The van der Waals surface area contributed by atoms with E-state index in [1.165, 1.54) is 7.05 Å². The van der Waals surface area contributed by atoms with E-state index >= 15 is 0 Å². The number of aromatic nitrogens is 1. The van der Waals surface area contributed by atoms with Crippen LogP contribution in [0.25, 0.3) is 0 Å². The zero-order valence-electron chi connectivity index (χ0n) is 14.2. The Morgan fingerprint density at radius 1 is 1.12 bits per heavy atom. The van der Waals surface area contributed by atoms with Gasteiger partial charge < -0.3 is 5.32 Å². The smallest absolute Gasteiger partial charge is 0.243 e. The van der Waals surface area contributed by atoms with Crippen LogP contribution < -0.4 is 5.32 Å². The van der Waals surface area contributed by atoms with Crippen LogP contribution in [0.1, 0.15) is 16.8 Å². The lowest BCUT2D eigenvalue weighted by molar-refractivity contribution is -0.116. The maximum absolute atomic E-state index is 12.6. The summed E-state index contributed by atoms with van der Waals surface area (Å²) in [5, 5.41) is 2.60. The van der Waals surface area contributed by atoms with Crippen LogP contribution in [0.3, 0.4) is 0 Å². The molecule has 0 fully saturated rings. The molecule has 0 saturated carbocycles. The summed E-state index contributed by atoms with van der Waals surface area (Å²) in [5.41, 5.74) is 2.67. The van der Waals surface area contributed by atoms with Gasteiger partial charge in [0.1, 0.15) is 5.82 Å². The molecule has 7 heteroatoms. The highest BCUT2D eigenvalue weighted by Crippen LogP contribution is 2.18. The van der Waals surface area contributed by atoms with Crippen LogP contribution in [-0.4, -0.2) is 37.2 Å². The first-order valence-corrected chi connectivity index (χ1v) is 8.91. The molecule has 0 unspecified atom stereocenters. The summed E-state index contributed by atoms with van der Waals surface area (Å²) >= 11 is 0. The number of carbonyl (C=O) groups is 1. The van der Waals surface area contributed by atoms with Gasteiger partial charge in [-0.3, -0.25) is 4.79 Å². The fourth-order valence-electron chi connectivity index (χ4n) is 2.14. The Hall–Kier alpha value is -2.25. The highest BCUT2D eigenvalue weighted by Gasteiger charge is 2.23. The highest BCUT2D eigenvalue weighted by molar-refractivity contribution is 7.89. The lowest BCUT2D eigenvalue weighted by Crippen LogP contribution is -2.35. The molecule has 0 aliphatic rings. The molecule has 128 valence electrons. The predicted molar refractivity (Wildman–Crippen MR) is 93.3 cm³/mol. The summed E-state index contributed by atoms with van der Waals surface area (Å²) in [5.74, 6) is -0.0417. The van der Waals surface area contributed by atoms with Crippen molar-refractivity contribution in [1.82, 2.24) is 9.29 Å². The molecule has 24 heavy (non-hydrogen) atoms. The molecule has 6 nitrogen and oxygen atoms in total. The van der Waals surface area contributed by atoms with Gasteiger partial charge in [-0.2, -0.15) is 4.31 Å². The summed E-state index contributed by atoms with van der Waals surface area (Å²) in [6.45, 7) is 5.29. The fourth-order valence-corrected chi connectivity index (χ4v) is 3.35. The van der Waals surface area contributed by atoms with Gasteiger partial charge in [0, 0.05) is 12.7 Å². The Morgan fingerprint density at radius 3 is 2.46 bits per heavy atom. The topological polar surface area (TPSA) is 79.4 Å². The van der Waals surface area contributed by atoms with Crippen LogP contribution in [0.4, 0.5) is 5.82 Å². The van der Waals surface area contributed by atoms with Crippen LogP contribution in [0.15, 0.2) is 41.3 Å². The molecule has 0 saturated heterocycles. The van der Waals surface area contributed by atoms with E-state index in [9.17, 15) is 13.2 Å². The van der Waals surface area contributed by atoms with E-state index in [2.05, 4.69) is 10.3 Å². The Labute approximate surface area is 142 Å². The molecule has 2 rings (SSSR count). The van der Waals surface area contributed by atoms with Crippen molar-refractivity contribution in [2.75, 3.05) is 18.9 Å². The molecule has 2 aromatic rings. The van der Waals surface area contributed by atoms with Gasteiger partial charge in [-0.1, -0.05) is 12.1 Å². The van der Waals surface area contributed by atoms with Gasteiger partial charge in [-0.25, -0.2) is 13.4 Å². The van der Waals surface area contributed by atoms with Gasteiger partial charge in [-0.05, 0) is 56.2 Å². The number of benzene rings is 1. The quantitative estimate of drug-likeness (QED) is 0.900. The molecule has 1 N–H and O–H groups in total. The minimum Gasteiger partial charge on any atom is -0.310 e. The monoisotopic (exact) mass is 347 g/mol. The number of hydrogen-bond donors (Lipinski definition) is 1. The van der Waals surface area contributed by atoms with E-state index in [-0.39, 0.29) is 11.4 Å². The van der Waals surface area contributed by atoms with E-state index in [4.69, 9.17) is 0 Å². The minimum absolute atomic E-state index is 0.176. The molecule has 0 aliphatic carbocycles. The van der Waals surface area contributed by atoms with Crippen LogP contribution in [-0.2, 0) is 14.8 Å². The average Bonchev–Trinajstić information content (AvgIpc) is 2.49. The summed E-state index contributed by atoms with van der Waals surface area (Å²) in [6.07, 6.45) is 0. The molecular formula is C17H21N3O3S. The SMILES string of the molecule is Cc1cccc(NC(=O)CN(C)S(=O)(=O)c2ccc(C)c(C)c2)n1. The second-order valence-electron chi connectivity index (χ2n) is 5.72. The number of hydrogen-bond acceptors (Lipinski definition) is 4. The third-order valence-corrected chi connectivity index (χ3v) is 5.51. The van der Waals surface area contributed by atoms with Crippen molar-refractivity contribution in [3.63, 3.8) is 0 Å². The predicted octanol–water partition coefficient (Wildman–Crippen LogP) is 2.27. The summed E-state index contributed by atoms with van der Waals surface area (Å²) in [4.78, 5) is 16.4. The molecule has 0 spiro atoms. The lowest BCUT2D eigenvalue weighted by atomic mass is 10.1. The zero-order chi connectivity index (χ0) is 17.9. The van der Waals surface area contributed by atoms with Crippen molar-refractivity contribution >= 4 is 21.7 Å². The number of anilines is 1. The molecule has 0 atom stereocenters. The number of pyridine rings is 1. The van der Waals surface area contributed by atoms with Gasteiger partial charge in [0.05, 0.1) is 11.4 Å². The highest BCUT2D eigenvalue weighted by atomic mass is 32.2. The van der Waals surface area contributed by atoms with Gasteiger partial charge in [0.15, 0.2) is 0 Å². The van der Waals surface area contributed by atoms with E-state index in [1.54, 1.807) is 30.3 Å². The van der Waals surface area contributed by atoms with Crippen LogP contribution in [0.2, 0.25) is 0 Å². The molecule has 0 radical (unpaired) electrons.